The second-order valence-corrected chi connectivity index (χ2v) is 14.3. The molecule has 2 aromatic heterocycles. The fourth-order valence-electron chi connectivity index (χ4n) is 5.96. The average molecular weight is 644 g/mol. The Labute approximate surface area is 262 Å². The van der Waals surface area contributed by atoms with E-state index in [9.17, 15) is 4.79 Å². The van der Waals surface area contributed by atoms with Crippen LogP contribution in [0.3, 0.4) is 0 Å². The molecule has 3 aromatic rings. The maximum atomic E-state index is 13.5. The van der Waals surface area contributed by atoms with Gasteiger partial charge in [-0.15, -0.1) is 0 Å². The van der Waals surface area contributed by atoms with Crippen molar-refractivity contribution >= 4 is 39.9 Å². The van der Waals surface area contributed by atoms with E-state index in [-0.39, 0.29) is 19.3 Å². The van der Waals surface area contributed by atoms with Crippen LogP contribution in [0.5, 0.6) is 0 Å². The number of carbonyl (C=O) groups is 1. The molecule has 4 heterocycles. The first-order valence-electron chi connectivity index (χ1n) is 14.8. The van der Waals surface area contributed by atoms with Crippen LogP contribution in [0.1, 0.15) is 72.4 Å². The molecule has 0 N–H and O–H groups in total. The number of carbonyl (C=O) groups excluding carboxylic acids is 1. The van der Waals surface area contributed by atoms with E-state index >= 15 is 0 Å². The molecule has 0 bridgehead atoms. The summed E-state index contributed by atoms with van der Waals surface area (Å²) >= 11 is 0. The van der Waals surface area contributed by atoms with Crippen molar-refractivity contribution in [3.05, 3.63) is 54.0 Å². The van der Waals surface area contributed by atoms with Crippen molar-refractivity contribution in [2.75, 3.05) is 6.61 Å². The Hall–Kier alpha value is -2.52. The van der Waals surface area contributed by atoms with Crippen LogP contribution in [0.25, 0.3) is 11.0 Å². The van der Waals surface area contributed by atoms with E-state index in [0.29, 0.717) is 12.4 Å². The van der Waals surface area contributed by atoms with Crippen molar-refractivity contribution in [2.24, 2.45) is 4.74 Å². The van der Waals surface area contributed by atoms with Crippen molar-refractivity contribution in [3.8, 4) is 0 Å². The molecule has 1 aromatic carbocycles. The third kappa shape index (κ3) is 6.99. The highest BCUT2D eigenvalue weighted by Crippen LogP contribution is 2.44. The molecule has 1 amide bonds. The molecule has 13 heteroatoms. The number of amides is 1. The third-order valence-electron chi connectivity index (χ3n) is 7.79. The van der Waals surface area contributed by atoms with Gasteiger partial charge in [0.15, 0.2) is 11.6 Å². The van der Waals surface area contributed by atoms with E-state index < -0.39 is 41.5 Å². The van der Waals surface area contributed by atoms with Gasteiger partial charge in [0.1, 0.15) is 36.0 Å². The van der Waals surface area contributed by atoms with Crippen molar-refractivity contribution < 1.29 is 28.5 Å². The highest BCUT2D eigenvalue weighted by Gasteiger charge is 2.56. The van der Waals surface area contributed by atoms with Gasteiger partial charge in [0, 0.05) is 25.7 Å². The van der Waals surface area contributed by atoms with Crippen LogP contribution in [0.4, 0.5) is 10.6 Å². The molecule has 2 aliphatic heterocycles. The first-order chi connectivity index (χ1) is 20.7. The molecule has 5 atom stereocenters. The lowest BCUT2D eigenvalue weighted by Crippen LogP contribution is -2.55. The van der Waals surface area contributed by atoms with Crippen LogP contribution in [-0.2, 0) is 37.0 Å². The molecule has 11 nitrogen and oxygen atoms in total. The van der Waals surface area contributed by atoms with Gasteiger partial charge in [-0.3, -0.25) is 4.90 Å². The molecular formula is C31H43N5O6P2. The number of nitrogens with zero attached hydrogens (tertiary/aromatic N) is 5. The van der Waals surface area contributed by atoms with Crippen molar-refractivity contribution in [3.63, 3.8) is 0 Å². The zero-order valence-electron chi connectivity index (χ0n) is 26.7. The number of hydrogen-bond acceptors (Lipinski definition) is 9. The standard InChI is InChI=1S/C31H43N5O6P2/c1-19(25-26(41-31(7,8)40-25)22-16-39-30(5,6)36(22)28(37)42-29(2,3)4)21-14-35(18-38-15-20-12-10-9-11-13-20)24-23(21)32-17-33-27(24)34-44-43/h9-14,17,19,22,25-26H,15-16,18,43H2,1-8H3/t19?,22-,25+,26-/m1/s1. The SMILES string of the molecule is CC(c1cn(COCc2ccccc2)c2c(N=PP)ncnc12)[C@@H]1OC(C)(C)O[C@@H]1[C@H]1COC(C)(C)N1C(=O)OC(C)(C)C. The molecule has 0 saturated carbocycles. The zero-order valence-corrected chi connectivity index (χ0v) is 28.7. The maximum Gasteiger partial charge on any atom is 0.412 e. The van der Waals surface area contributed by atoms with Crippen LogP contribution >= 0.6 is 17.0 Å². The Morgan fingerprint density at radius 1 is 1.18 bits per heavy atom. The molecule has 2 aliphatic rings. The fraction of sp³-hybridized carbons (Fsp3) is 0.581. The van der Waals surface area contributed by atoms with E-state index in [1.165, 1.54) is 6.33 Å². The normalized spacial score (nSPS) is 23.9. The molecule has 2 fully saturated rings. The lowest BCUT2D eigenvalue weighted by molar-refractivity contribution is -0.152. The minimum absolute atomic E-state index is 0.194. The Bertz CT molecular complexity index is 1510. The Balaban J connectivity index is 1.49. The summed E-state index contributed by atoms with van der Waals surface area (Å²) in [6, 6.07) is 9.60. The quantitative estimate of drug-likeness (QED) is 0.238. The molecule has 2 unspecified atom stereocenters. The van der Waals surface area contributed by atoms with Crippen LogP contribution in [0.15, 0.2) is 47.6 Å². The van der Waals surface area contributed by atoms with Gasteiger partial charge in [-0.05, 0) is 54.0 Å². The molecule has 238 valence electrons. The zero-order chi connectivity index (χ0) is 31.9. The van der Waals surface area contributed by atoms with E-state index in [0.717, 1.165) is 30.2 Å². The second kappa shape index (κ2) is 12.7. The number of ether oxygens (including phenoxy) is 5. The monoisotopic (exact) mass is 643 g/mol. The minimum atomic E-state index is -0.888. The van der Waals surface area contributed by atoms with Gasteiger partial charge in [0.25, 0.3) is 0 Å². The van der Waals surface area contributed by atoms with E-state index in [1.807, 2.05) is 89.6 Å². The second-order valence-electron chi connectivity index (χ2n) is 13.2. The minimum Gasteiger partial charge on any atom is -0.444 e. The maximum absolute atomic E-state index is 13.5. The summed E-state index contributed by atoms with van der Waals surface area (Å²) in [5.74, 6) is -0.503. The molecule has 0 aliphatic carbocycles. The van der Waals surface area contributed by atoms with Gasteiger partial charge in [-0.1, -0.05) is 46.2 Å². The number of benzene rings is 1. The summed E-state index contributed by atoms with van der Waals surface area (Å²) in [7, 11) is 3.34. The molecule has 5 rings (SSSR count). The summed E-state index contributed by atoms with van der Waals surface area (Å²) in [6.45, 7) is 16.2. The number of rotatable bonds is 8. The highest BCUT2D eigenvalue weighted by molar-refractivity contribution is 7.97. The lowest BCUT2D eigenvalue weighted by Gasteiger charge is -2.38. The van der Waals surface area contributed by atoms with E-state index in [4.69, 9.17) is 28.7 Å². The van der Waals surface area contributed by atoms with Gasteiger partial charge in [-0.25, -0.2) is 19.5 Å². The van der Waals surface area contributed by atoms with E-state index in [2.05, 4.69) is 25.6 Å². The van der Waals surface area contributed by atoms with Crippen molar-refractivity contribution in [2.45, 2.75) is 110 Å². The Morgan fingerprint density at radius 2 is 1.91 bits per heavy atom. The summed E-state index contributed by atoms with van der Waals surface area (Å²) < 4.78 is 37.8. The topological polar surface area (TPSA) is 110 Å². The lowest BCUT2D eigenvalue weighted by atomic mass is 9.90. The van der Waals surface area contributed by atoms with Crippen LogP contribution in [0, 0.1) is 0 Å². The predicted molar refractivity (Wildman–Crippen MR) is 172 cm³/mol. The first-order valence-corrected chi connectivity index (χ1v) is 17.3. The van der Waals surface area contributed by atoms with Crippen LogP contribution in [0.2, 0.25) is 0 Å². The number of fused-ring (bicyclic) bond motifs is 1. The van der Waals surface area contributed by atoms with Gasteiger partial charge >= 0.3 is 6.09 Å². The van der Waals surface area contributed by atoms with Crippen molar-refractivity contribution in [1.82, 2.24) is 19.4 Å². The average Bonchev–Trinajstić information content (AvgIpc) is 3.58. The van der Waals surface area contributed by atoms with Gasteiger partial charge < -0.3 is 28.3 Å². The Kier molecular flexibility index (Phi) is 9.49. The number of hydrogen-bond donors (Lipinski definition) is 0. The molecule has 44 heavy (non-hydrogen) atoms. The molecule has 2 saturated heterocycles. The molecular weight excluding hydrogens is 600 g/mol. The summed E-state index contributed by atoms with van der Waals surface area (Å²) in [5, 5.41) is 0. The summed E-state index contributed by atoms with van der Waals surface area (Å²) in [4.78, 5) is 24.3. The van der Waals surface area contributed by atoms with Crippen LogP contribution in [-0.4, -0.2) is 67.5 Å². The number of aromatic nitrogens is 3. The van der Waals surface area contributed by atoms with Gasteiger partial charge in [0.2, 0.25) is 0 Å². The molecule has 0 spiro atoms. The van der Waals surface area contributed by atoms with E-state index in [1.54, 1.807) is 4.90 Å². The summed E-state index contributed by atoms with van der Waals surface area (Å²) in [6.07, 6.45) is 2.19. The smallest absolute Gasteiger partial charge is 0.412 e. The predicted octanol–water partition coefficient (Wildman–Crippen LogP) is 7.15. The summed E-state index contributed by atoms with van der Waals surface area (Å²) in [5.41, 5.74) is 2.03. The largest absolute Gasteiger partial charge is 0.444 e. The highest BCUT2D eigenvalue weighted by atomic mass is 32.0. The third-order valence-corrected chi connectivity index (χ3v) is 8.44. The van der Waals surface area contributed by atoms with Crippen LogP contribution < -0.4 is 0 Å². The van der Waals surface area contributed by atoms with Gasteiger partial charge in [0.05, 0.1) is 30.9 Å². The van der Waals surface area contributed by atoms with Crippen molar-refractivity contribution in [1.29, 1.82) is 0 Å². The molecule has 0 radical (unpaired) electrons. The Morgan fingerprint density at radius 3 is 2.59 bits per heavy atom. The van der Waals surface area contributed by atoms with Gasteiger partial charge in [-0.2, -0.15) is 0 Å². The fourth-order valence-corrected chi connectivity index (χ4v) is 6.54. The first kappa shape index (κ1) is 32.9.